The van der Waals surface area contributed by atoms with Gasteiger partial charge in [-0.1, -0.05) is 12.1 Å². The van der Waals surface area contributed by atoms with Crippen molar-refractivity contribution in [2.45, 2.75) is 18.9 Å². The van der Waals surface area contributed by atoms with E-state index in [1.807, 2.05) is 16.8 Å². The lowest BCUT2D eigenvalue weighted by Crippen LogP contribution is -2.37. The highest BCUT2D eigenvalue weighted by molar-refractivity contribution is 7.08. The molecule has 1 atom stereocenters. The summed E-state index contributed by atoms with van der Waals surface area (Å²) in [5.74, 6) is -0.616. The molecule has 0 bridgehead atoms. The van der Waals surface area contributed by atoms with E-state index in [0.717, 1.165) is 18.4 Å². The number of nitrogens with zero attached hydrogens (tertiary/aromatic N) is 2. The predicted octanol–water partition coefficient (Wildman–Crippen LogP) is 3.70. The number of likely N-dealkylation sites (tertiary alicyclic amines) is 1. The second kappa shape index (κ2) is 6.54. The molecule has 2 aromatic heterocycles. The van der Waals surface area contributed by atoms with Gasteiger partial charge in [0, 0.05) is 22.9 Å². The standard InChI is InChI=1S/C19H17FN2O2S/c20-16-5-1-4-14-15(19(24)22-7-2-3-13(22)10-23)9-17(21-18(14)16)12-6-8-25-11-12/h1,4-6,8-9,11,13,23H,2-3,7,10H2. The van der Waals surface area contributed by atoms with Gasteiger partial charge in [0.25, 0.3) is 5.91 Å². The number of carbonyl (C=O) groups is 1. The Labute approximate surface area is 148 Å². The summed E-state index contributed by atoms with van der Waals surface area (Å²) in [5, 5.41) is 13.9. The van der Waals surface area contributed by atoms with E-state index >= 15 is 0 Å². The van der Waals surface area contributed by atoms with Gasteiger partial charge < -0.3 is 10.0 Å². The molecular formula is C19H17FN2O2S. The smallest absolute Gasteiger partial charge is 0.254 e. The number of aliphatic hydroxyl groups excluding tert-OH is 1. The fourth-order valence-corrected chi connectivity index (χ4v) is 4.05. The summed E-state index contributed by atoms with van der Waals surface area (Å²) in [6.45, 7) is 0.553. The largest absolute Gasteiger partial charge is 0.394 e. The number of hydrogen-bond acceptors (Lipinski definition) is 4. The molecule has 4 rings (SSSR count). The first-order valence-electron chi connectivity index (χ1n) is 8.22. The molecule has 3 heterocycles. The van der Waals surface area contributed by atoms with Gasteiger partial charge in [-0.2, -0.15) is 11.3 Å². The minimum atomic E-state index is -0.441. The Morgan fingerprint density at radius 2 is 2.28 bits per heavy atom. The highest BCUT2D eigenvalue weighted by Crippen LogP contribution is 2.30. The Balaban J connectivity index is 1.89. The van der Waals surface area contributed by atoms with Crippen molar-refractivity contribution in [1.82, 2.24) is 9.88 Å². The third-order valence-corrected chi connectivity index (χ3v) is 5.37. The number of aromatic nitrogens is 1. The van der Waals surface area contributed by atoms with Crippen molar-refractivity contribution in [2.24, 2.45) is 0 Å². The van der Waals surface area contributed by atoms with E-state index in [1.54, 1.807) is 23.1 Å². The molecule has 0 aliphatic carbocycles. The number of para-hydroxylation sites is 1. The van der Waals surface area contributed by atoms with Crippen LogP contribution in [0.2, 0.25) is 0 Å². The molecule has 0 spiro atoms. The maximum atomic E-state index is 14.3. The quantitative estimate of drug-likeness (QED) is 0.778. The van der Waals surface area contributed by atoms with E-state index in [4.69, 9.17) is 0 Å². The lowest BCUT2D eigenvalue weighted by Gasteiger charge is -2.24. The number of rotatable bonds is 3. The van der Waals surface area contributed by atoms with E-state index in [-0.39, 0.29) is 24.1 Å². The Bertz CT molecular complexity index is 927. The predicted molar refractivity (Wildman–Crippen MR) is 96.2 cm³/mol. The molecule has 1 amide bonds. The molecule has 6 heteroatoms. The van der Waals surface area contributed by atoms with Crippen molar-refractivity contribution < 1.29 is 14.3 Å². The van der Waals surface area contributed by atoms with Crippen LogP contribution in [0.25, 0.3) is 22.2 Å². The number of pyridine rings is 1. The molecule has 1 fully saturated rings. The van der Waals surface area contributed by atoms with Gasteiger partial charge in [-0.3, -0.25) is 4.79 Å². The van der Waals surface area contributed by atoms with E-state index < -0.39 is 5.82 Å². The number of thiophene rings is 1. The number of benzene rings is 1. The highest BCUT2D eigenvalue weighted by Gasteiger charge is 2.30. The van der Waals surface area contributed by atoms with Crippen LogP contribution < -0.4 is 0 Å². The van der Waals surface area contributed by atoms with Crippen LogP contribution in [-0.4, -0.2) is 40.1 Å². The Morgan fingerprint density at radius 3 is 3.04 bits per heavy atom. The summed E-state index contributed by atoms with van der Waals surface area (Å²) in [7, 11) is 0. The van der Waals surface area contributed by atoms with Crippen molar-refractivity contribution in [2.75, 3.05) is 13.2 Å². The molecular weight excluding hydrogens is 339 g/mol. The Kier molecular flexibility index (Phi) is 4.23. The van der Waals surface area contributed by atoms with Crippen molar-refractivity contribution in [3.8, 4) is 11.3 Å². The molecule has 1 unspecified atom stereocenters. The number of aliphatic hydroxyl groups is 1. The van der Waals surface area contributed by atoms with Gasteiger partial charge in [-0.05, 0) is 36.4 Å². The van der Waals surface area contributed by atoms with Crippen molar-refractivity contribution in [1.29, 1.82) is 0 Å². The highest BCUT2D eigenvalue weighted by atomic mass is 32.1. The van der Waals surface area contributed by atoms with Crippen LogP contribution >= 0.6 is 11.3 Å². The van der Waals surface area contributed by atoms with Crippen LogP contribution in [0.1, 0.15) is 23.2 Å². The second-order valence-electron chi connectivity index (χ2n) is 6.18. The van der Waals surface area contributed by atoms with Gasteiger partial charge in [-0.15, -0.1) is 0 Å². The molecule has 3 aromatic rings. The normalized spacial score (nSPS) is 17.4. The van der Waals surface area contributed by atoms with Crippen LogP contribution in [0.15, 0.2) is 41.1 Å². The zero-order valence-corrected chi connectivity index (χ0v) is 14.3. The van der Waals surface area contributed by atoms with E-state index in [2.05, 4.69) is 4.98 Å². The molecule has 1 aliphatic rings. The summed E-state index contributed by atoms with van der Waals surface area (Å²) < 4.78 is 14.3. The zero-order valence-electron chi connectivity index (χ0n) is 13.5. The van der Waals surface area contributed by atoms with Crippen LogP contribution in [0.3, 0.4) is 0 Å². The van der Waals surface area contributed by atoms with Crippen molar-refractivity contribution >= 4 is 28.1 Å². The van der Waals surface area contributed by atoms with E-state index in [0.29, 0.717) is 23.2 Å². The summed E-state index contributed by atoms with van der Waals surface area (Å²) in [6, 6.07) is 8.13. The first kappa shape index (κ1) is 16.2. The van der Waals surface area contributed by atoms with Gasteiger partial charge in [-0.25, -0.2) is 9.37 Å². The van der Waals surface area contributed by atoms with Crippen LogP contribution in [0, 0.1) is 5.82 Å². The molecule has 1 aliphatic heterocycles. The van der Waals surface area contributed by atoms with Crippen LogP contribution in [0.4, 0.5) is 4.39 Å². The summed E-state index contributed by atoms with van der Waals surface area (Å²) >= 11 is 1.53. The van der Waals surface area contributed by atoms with Gasteiger partial charge in [0.2, 0.25) is 0 Å². The Hall–Kier alpha value is -2.31. The average molecular weight is 356 g/mol. The summed E-state index contributed by atoms with van der Waals surface area (Å²) in [6.07, 6.45) is 1.66. The number of hydrogen-bond donors (Lipinski definition) is 1. The molecule has 4 nitrogen and oxygen atoms in total. The monoisotopic (exact) mass is 356 g/mol. The Morgan fingerprint density at radius 1 is 1.40 bits per heavy atom. The molecule has 128 valence electrons. The number of amides is 1. The molecule has 1 aromatic carbocycles. The second-order valence-corrected chi connectivity index (χ2v) is 6.96. The molecule has 0 radical (unpaired) electrons. The van der Waals surface area contributed by atoms with Gasteiger partial charge in [0.05, 0.1) is 23.9 Å². The molecule has 25 heavy (non-hydrogen) atoms. The van der Waals surface area contributed by atoms with Gasteiger partial charge in [0.1, 0.15) is 11.3 Å². The number of carbonyl (C=O) groups excluding carboxylic acids is 1. The lowest BCUT2D eigenvalue weighted by atomic mass is 10.0. The maximum absolute atomic E-state index is 14.3. The minimum Gasteiger partial charge on any atom is -0.394 e. The summed E-state index contributed by atoms with van der Waals surface area (Å²) in [5.41, 5.74) is 2.09. The van der Waals surface area contributed by atoms with E-state index in [9.17, 15) is 14.3 Å². The van der Waals surface area contributed by atoms with Crippen LogP contribution in [-0.2, 0) is 0 Å². The third kappa shape index (κ3) is 2.81. The first-order chi connectivity index (χ1) is 12.2. The van der Waals surface area contributed by atoms with Crippen LogP contribution in [0.5, 0.6) is 0 Å². The third-order valence-electron chi connectivity index (χ3n) is 4.69. The minimum absolute atomic E-state index is 0.0551. The topological polar surface area (TPSA) is 53.4 Å². The average Bonchev–Trinajstić information content (AvgIpc) is 3.32. The van der Waals surface area contributed by atoms with Gasteiger partial charge >= 0.3 is 0 Å². The maximum Gasteiger partial charge on any atom is 0.254 e. The lowest BCUT2D eigenvalue weighted by molar-refractivity contribution is 0.0679. The van der Waals surface area contributed by atoms with E-state index in [1.165, 1.54) is 17.4 Å². The number of fused-ring (bicyclic) bond motifs is 1. The molecule has 1 N–H and O–H groups in total. The van der Waals surface area contributed by atoms with Crippen molar-refractivity contribution in [3.63, 3.8) is 0 Å². The fraction of sp³-hybridized carbons (Fsp3) is 0.263. The number of halogens is 1. The zero-order chi connectivity index (χ0) is 17.4. The molecule has 0 saturated carbocycles. The van der Waals surface area contributed by atoms with Gasteiger partial charge in [0.15, 0.2) is 0 Å². The SMILES string of the molecule is O=C(c1cc(-c2ccsc2)nc2c(F)cccc12)N1CCCC1CO. The summed E-state index contributed by atoms with van der Waals surface area (Å²) in [4.78, 5) is 19.3. The first-order valence-corrected chi connectivity index (χ1v) is 9.17. The fourth-order valence-electron chi connectivity index (χ4n) is 3.40. The van der Waals surface area contributed by atoms with Crippen molar-refractivity contribution in [3.05, 3.63) is 52.5 Å². The molecule has 1 saturated heterocycles.